The Morgan fingerprint density at radius 2 is 1.58 bits per heavy atom. The summed E-state index contributed by atoms with van der Waals surface area (Å²) in [6.45, 7) is 8.85. The lowest BCUT2D eigenvalue weighted by Crippen LogP contribution is -2.55. The van der Waals surface area contributed by atoms with Crippen molar-refractivity contribution < 1.29 is 9.90 Å². The predicted molar refractivity (Wildman–Crippen MR) is 96.5 cm³/mol. The van der Waals surface area contributed by atoms with Gasteiger partial charge in [0.25, 0.3) is 0 Å². The van der Waals surface area contributed by atoms with Crippen LogP contribution in [0.25, 0.3) is 0 Å². The smallest absolute Gasteiger partial charge is 0.133 e. The first kappa shape index (κ1) is 17.1. The maximum Gasteiger partial charge on any atom is 0.133 e. The second-order valence-corrected chi connectivity index (χ2v) is 10.6. The Hall–Kier alpha value is -0.370. The lowest BCUT2D eigenvalue weighted by atomic mass is 9.44. The van der Waals surface area contributed by atoms with E-state index < -0.39 is 5.60 Å². The van der Waals surface area contributed by atoms with Gasteiger partial charge in [-0.05, 0) is 106 Å². The standard InChI is InChI=1S/C22H36O2/c1-14(23)17-7-8-18-16-6-5-15-13-20(2,24)11-12-21(15,3)19(16)9-10-22(17,18)4/h15-19,24H,5-13H2,1-4H3/t15-,16-,17+,18-,19?,20+,21-,22+/m0/s1. The van der Waals surface area contributed by atoms with Crippen LogP contribution in [0.3, 0.4) is 0 Å². The summed E-state index contributed by atoms with van der Waals surface area (Å²) in [6.07, 6.45) is 10.8. The van der Waals surface area contributed by atoms with E-state index in [0.717, 1.165) is 37.0 Å². The van der Waals surface area contributed by atoms with Crippen LogP contribution < -0.4 is 0 Å². The normalized spacial score (nSPS) is 57.0. The van der Waals surface area contributed by atoms with E-state index in [1.54, 1.807) is 0 Å². The molecule has 0 amide bonds. The molecule has 0 radical (unpaired) electrons. The van der Waals surface area contributed by atoms with Crippen molar-refractivity contribution in [1.29, 1.82) is 0 Å². The monoisotopic (exact) mass is 332 g/mol. The number of aliphatic hydroxyl groups is 1. The summed E-state index contributed by atoms with van der Waals surface area (Å²) in [5, 5.41) is 10.6. The first-order valence-electron chi connectivity index (χ1n) is 10.4. The molecule has 2 nitrogen and oxygen atoms in total. The highest BCUT2D eigenvalue weighted by Crippen LogP contribution is 2.68. The third-order valence-corrected chi connectivity index (χ3v) is 9.44. The molecule has 136 valence electrons. The third-order valence-electron chi connectivity index (χ3n) is 9.44. The van der Waals surface area contributed by atoms with Crippen molar-refractivity contribution in [3.63, 3.8) is 0 Å². The van der Waals surface area contributed by atoms with E-state index in [0.29, 0.717) is 23.0 Å². The maximum atomic E-state index is 12.2. The van der Waals surface area contributed by atoms with E-state index in [1.165, 1.54) is 38.5 Å². The Morgan fingerprint density at radius 3 is 2.29 bits per heavy atom. The van der Waals surface area contributed by atoms with E-state index in [2.05, 4.69) is 13.8 Å². The quantitative estimate of drug-likeness (QED) is 0.735. The highest BCUT2D eigenvalue weighted by molar-refractivity contribution is 5.79. The van der Waals surface area contributed by atoms with Gasteiger partial charge in [-0.15, -0.1) is 0 Å². The molecule has 4 saturated carbocycles. The second kappa shape index (κ2) is 5.32. The molecule has 24 heavy (non-hydrogen) atoms. The molecule has 4 aliphatic rings. The molecule has 0 aromatic rings. The van der Waals surface area contributed by atoms with E-state index >= 15 is 0 Å². The van der Waals surface area contributed by atoms with Crippen molar-refractivity contribution in [2.75, 3.05) is 0 Å². The van der Waals surface area contributed by atoms with Crippen LogP contribution in [-0.4, -0.2) is 16.5 Å². The number of rotatable bonds is 1. The summed E-state index contributed by atoms with van der Waals surface area (Å²) in [5.41, 5.74) is 0.268. The van der Waals surface area contributed by atoms with E-state index in [-0.39, 0.29) is 5.41 Å². The Labute approximate surface area is 147 Å². The number of ketones is 1. The van der Waals surface area contributed by atoms with Gasteiger partial charge in [-0.25, -0.2) is 0 Å². The predicted octanol–water partition coefficient (Wildman–Crippen LogP) is 4.99. The van der Waals surface area contributed by atoms with Gasteiger partial charge in [0.2, 0.25) is 0 Å². The Morgan fingerprint density at radius 1 is 0.875 bits per heavy atom. The third kappa shape index (κ3) is 2.27. The molecule has 2 heteroatoms. The van der Waals surface area contributed by atoms with E-state index in [9.17, 15) is 9.90 Å². The number of Topliss-reactive ketones (excluding diaryl/α,β-unsaturated/α-hetero) is 1. The van der Waals surface area contributed by atoms with Crippen molar-refractivity contribution in [3.05, 3.63) is 0 Å². The molecule has 0 heterocycles. The number of carbonyl (C=O) groups is 1. The minimum Gasteiger partial charge on any atom is -0.390 e. The van der Waals surface area contributed by atoms with E-state index in [1.807, 2.05) is 13.8 Å². The van der Waals surface area contributed by atoms with Crippen LogP contribution in [0.1, 0.15) is 85.5 Å². The molecule has 0 saturated heterocycles. The fourth-order valence-corrected chi connectivity index (χ4v) is 8.10. The molecule has 1 unspecified atom stereocenters. The number of hydrogen-bond donors (Lipinski definition) is 1. The molecular weight excluding hydrogens is 296 g/mol. The number of carbonyl (C=O) groups excluding carboxylic acids is 1. The van der Waals surface area contributed by atoms with Crippen molar-refractivity contribution in [2.24, 2.45) is 40.4 Å². The van der Waals surface area contributed by atoms with Gasteiger partial charge in [0.1, 0.15) is 5.78 Å². The Balaban J connectivity index is 1.61. The zero-order valence-electron chi connectivity index (χ0n) is 16.1. The van der Waals surface area contributed by atoms with Crippen LogP contribution in [0.5, 0.6) is 0 Å². The van der Waals surface area contributed by atoms with Crippen molar-refractivity contribution in [3.8, 4) is 0 Å². The molecule has 1 N–H and O–H groups in total. The van der Waals surface area contributed by atoms with Crippen molar-refractivity contribution in [2.45, 2.75) is 91.1 Å². The molecular formula is C22H36O2. The molecule has 8 atom stereocenters. The highest BCUT2D eigenvalue weighted by atomic mass is 16.3. The largest absolute Gasteiger partial charge is 0.390 e. The molecule has 0 bridgehead atoms. The van der Waals surface area contributed by atoms with Crippen molar-refractivity contribution >= 4 is 5.78 Å². The average Bonchev–Trinajstić information content (AvgIpc) is 2.85. The lowest BCUT2D eigenvalue weighted by molar-refractivity contribution is -0.150. The van der Waals surface area contributed by atoms with Crippen molar-refractivity contribution in [1.82, 2.24) is 0 Å². The Kier molecular flexibility index (Phi) is 3.78. The highest BCUT2D eigenvalue weighted by Gasteiger charge is 2.61. The van der Waals surface area contributed by atoms with Crippen LogP contribution >= 0.6 is 0 Å². The molecule has 0 aromatic carbocycles. The first-order chi connectivity index (χ1) is 11.2. The first-order valence-corrected chi connectivity index (χ1v) is 10.4. The number of hydrogen-bond acceptors (Lipinski definition) is 2. The molecule has 0 aliphatic heterocycles. The van der Waals surface area contributed by atoms with Crippen LogP contribution in [0.2, 0.25) is 0 Å². The topological polar surface area (TPSA) is 37.3 Å². The minimum absolute atomic E-state index is 0.274. The van der Waals surface area contributed by atoms with Gasteiger partial charge in [0.05, 0.1) is 5.60 Å². The van der Waals surface area contributed by atoms with Gasteiger partial charge in [-0.3, -0.25) is 4.79 Å². The zero-order valence-corrected chi connectivity index (χ0v) is 16.1. The SMILES string of the molecule is CC(=O)[C@H]1CC[C@H]2[C@@H]3CC[C@H]4C[C@](C)(O)CC[C@]4(C)C3CC[C@]12C. The van der Waals surface area contributed by atoms with Crippen LogP contribution in [0.15, 0.2) is 0 Å². The average molecular weight is 333 g/mol. The molecule has 4 aliphatic carbocycles. The zero-order chi connectivity index (χ0) is 17.3. The summed E-state index contributed by atoms with van der Waals surface area (Å²) >= 11 is 0. The van der Waals surface area contributed by atoms with Gasteiger partial charge in [0.15, 0.2) is 0 Å². The van der Waals surface area contributed by atoms with Gasteiger partial charge in [-0.1, -0.05) is 13.8 Å². The summed E-state index contributed by atoms with van der Waals surface area (Å²) in [4.78, 5) is 12.2. The second-order valence-electron chi connectivity index (χ2n) is 10.6. The molecule has 4 fully saturated rings. The van der Waals surface area contributed by atoms with Crippen LogP contribution in [0, 0.1) is 40.4 Å². The summed E-state index contributed by atoms with van der Waals surface area (Å²) in [6, 6.07) is 0. The fourth-order valence-electron chi connectivity index (χ4n) is 8.10. The summed E-state index contributed by atoms with van der Waals surface area (Å²) in [7, 11) is 0. The maximum absolute atomic E-state index is 12.2. The van der Waals surface area contributed by atoms with E-state index in [4.69, 9.17) is 0 Å². The fraction of sp³-hybridized carbons (Fsp3) is 0.955. The van der Waals surface area contributed by atoms with Gasteiger partial charge in [-0.2, -0.15) is 0 Å². The summed E-state index contributed by atoms with van der Waals surface area (Å²) < 4.78 is 0. The molecule has 0 spiro atoms. The minimum atomic E-state index is -0.437. The van der Waals surface area contributed by atoms with Gasteiger partial charge >= 0.3 is 0 Å². The summed E-state index contributed by atoms with van der Waals surface area (Å²) in [5.74, 6) is 3.89. The molecule has 0 aromatic heterocycles. The Bertz CT molecular complexity index is 538. The van der Waals surface area contributed by atoms with Crippen LogP contribution in [0.4, 0.5) is 0 Å². The lowest BCUT2D eigenvalue weighted by Gasteiger charge is -2.61. The van der Waals surface area contributed by atoms with Crippen LogP contribution in [-0.2, 0) is 4.79 Å². The number of fused-ring (bicyclic) bond motifs is 5. The van der Waals surface area contributed by atoms with Gasteiger partial charge < -0.3 is 5.11 Å². The van der Waals surface area contributed by atoms with Gasteiger partial charge in [0, 0.05) is 5.92 Å². The molecule has 4 rings (SSSR count).